The number of thioether (sulfide) groups is 1. The van der Waals surface area contributed by atoms with E-state index in [0.29, 0.717) is 5.69 Å². The summed E-state index contributed by atoms with van der Waals surface area (Å²) in [5.41, 5.74) is 6.17. The third-order valence-corrected chi connectivity index (χ3v) is 2.85. The third-order valence-electron chi connectivity index (χ3n) is 1.76. The van der Waals surface area contributed by atoms with Crippen molar-refractivity contribution >= 4 is 17.4 Å². The molecule has 4 heteroatoms. The highest BCUT2D eigenvalue weighted by molar-refractivity contribution is 7.99. The fourth-order valence-electron chi connectivity index (χ4n) is 1.06. The van der Waals surface area contributed by atoms with Crippen LogP contribution in [0, 0.1) is 5.82 Å². The van der Waals surface area contributed by atoms with Crippen LogP contribution in [0.25, 0.3) is 0 Å². The minimum absolute atomic E-state index is 0.279. The quantitative estimate of drug-likeness (QED) is 0.448. The van der Waals surface area contributed by atoms with Crippen LogP contribution < -0.4 is 11.1 Å². The summed E-state index contributed by atoms with van der Waals surface area (Å²) in [6.45, 7) is 3.98. The Morgan fingerprint density at radius 3 is 2.93 bits per heavy atom. The summed E-state index contributed by atoms with van der Waals surface area (Å²) < 4.78 is 12.7. The Hall–Kier alpha value is -0.740. The van der Waals surface area contributed by atoms with Gasteiger partial charge in [0.25, 0.3) is 0 Å². The van der Waals surface area contributed by atoms with Gasteiger partial charge in [-0.15, -0.1) is 11.8 Å². The Morgan fingerprint density at radius 1 is 1.50 bits per heavy atom. The van der Waals surface area contributed by atoms with Gasteiger partial charge in [0, 0.05) is 22.9 Å². The van der Waals surface area contributed by atoms with Crippen LogP contribution in [-0.4, -0.2) is 18.8 Å². The third kappa shape index (κ3) is 3.55. The first-order chi connectivity index (χ1) is 6.74. The molecule has 0 radical (unpaired) electrons. The van der Waals surface area contributed by atoms with E-state index in [2.05, 4.69) is 12.2 Å². The average molecular weight is 214 g/mol. The van der Waals surface area contributed by atoms with Crippen molar-refractivity contribution in [3.63, 3.8) is 0 Å². The molecule has 1 rings (SSSR count). The number of rotatable bonds is 5. The summed E-state index contributed by atoms with van der Waals surface area (Å²) in [4.78, 5) is 0.948. The van der Waals surface area contributed by atoms with E-state index < -0.39 is 0 Å². The fraction of sp³-hybridized carbons (Fsp3) is 0.400. The molecule has 0 aliphatic heterocycles. The minimum atomic E-state index is -0.279. The first kappa shape index (κ1) is 11.3. The average Bonchev–Trinajstić information content (AvgIpc) is 2.15. The zero-order chi connectivity index (χ0) is 10.4. The lowest BCUT2D eigenvalue weighted by Crippen LogP contribution is -2.15. The van der Waals surface area contributed by atoms with Crippen LogP contribution in [0.15, 0.2) is 23.1 Å². The van der Waals surface area contributed by atoms with E-state index in [1.807, 2.05) is 0 Å². The predicted octanol–water partition coefficient (Wildman–Crippen LogP) is 2.11. The summed E-state index contributed by atoms with van der Waals surface area (Å²) in [5.74, 6) is 0.669. The smallest absolute Gasteiger partial charge is 0.125 e. The topological polar surface area (TPSA) is 38.0 Å². The molecule has 0 bridgehead atoms. The highest BCUT2D eigenvalue weighted by Crippen LogP contribution is 2.24. The molecule has 3 N–H and O–H groups in total. The van der Waals surface area contributed by atoms with Gasteiger partial charge in [0.05, 0.1) is 0 Å². The largest absolute Gasteiger partial charge is 0.398 e. The van der Waals surface area contributed by atoms with E-state index in [0.717, 1.165) is 23.7 Å². The SMILES string of the molecule is CCNCCSc1ccc(F)cc1N. The number of anilines is 1. The molecule has 2 nitrogen and oxygen atoms in total. The summed E-state index contributed by atoms with van der Waals surface area (Å²) in [6.07, 6.45) is 0. The Balaban J connectivity index is 2.42. The first-order valence-electron chi connectivity index (χ1n) is 4.62. The van der Waals surface area contributed by atoms with Crippen LogP contribution in [0.3, 0.4) is 0 Å². The lowest BCUT2D eigenvalue weighted by molar-refractivity contribution is 0.627. The maximum atomic E-state index is 12.7. The summed E-state index contributed by atoms with van der Waals surface area (Å²) in [5, 5.41) is 3.21. The second-order valence-corrected chi connectivity index (χ2v) is 4.02. The maximum Gasteiger partial charge on any atom is 0.125 e. The first-order valence-corrected chi connectivity index (χ1v) is 5.61. The number of hydrogen-bond donors (Lipinski definition) is 2. The van der Waals surface area contributed by atoms with Gasteiger partial charge in [-0.1, -0.05) is 6.92 Å². The zero-order valence-corrected chi connectivity index (χ0v) is 9.03. The van der Waals surface area contributed by atoms with Gasteiger partial charge in [-0.2, -0.15) is 0 Å². The van der Waals surface area contributed by atoms with Crippen LogP contribution in [-0.2, 0) is 0 Å². The monoisotopic (exact) mass is 214 g/mol. The van der Waals surface area contributed by atoms with E-state index >= 15 is 0 Å². The molecule has 0 aliphatic rings. The molecule has 0 saturated carbocycles. The molecule has 78 valence electrons. The van der Waals surface area contributed by atoms with Gasteiger partial charge in [0.1, 0.15) is 5.82 Å². The zero-order valence-electron chi connectivity index (χ0n) is 8.22. The Bertz CT molecular complexity index is 291. The van der Waals surface area contributed by atoms with Crippen LogP contribution in [0.5, 0.6) is 0 Å². The van der Waals surface area contributed by atoms with E-state index in [1.165, 1.54) is 12.1 Å². The van der Waals surface area contributed by atoms with Crippen molar-refractivity contribution in [3.05, 3.63) is 24.0 Å². The van der Waals surface area contributed by atoms with E-state index in [4.69, 9.17) is 5.73 Å². The molecular weight excluding hydrogens is 199 g/mol. The Labute approximate surface area is 88.1 Å². The number of benzene rings is 1. The molecule has 0 amide bonds. The van der Waals surface area contributed by atoms with Crippen molar-refractivity contribution in [2.75, 3.05) is 24.6 Å². The van der Waals surface area contributed by atoms with Crippen molar-refractivity contribution in [2.24, 2.45) is 0 Å². The molecule has 0 aromatic heterocycles. The molecule has 0 unspecified atom stereocenters. The summed E-state index contributed by atoms with van der Waals surface area (Å²) >= 11 is 1.64. The van der Waals surface area contributed by atoms with Crippen molar-refractivity contribution in [2.45, 2.75) is 11.8 Å². The molecule has 0 saturated heterocycles. The molecule has 14 heavy (non-hydrogen) atoms. The van der Waals surface area contributed by atoms with Gasteiger partial charge in [0.15, 0.2) is 0 Å². The van der Waals surface area contributed by atoms with Gasteiger partial charge in [0.2, 0.25) is 0 Å². The Morgan fingerprint density at radius 2 is 2.29 bits per heavy atom. The molecule has 1 aromatic carbocycles. The standard InChI is InChI=1S/C10H15FN2S/c1-2-13-5-6-14-10-4-3-8(11)7-9(10)12/h3-4,7,13H,2,5-6,12H2,1H3. The second kappa shape index (κ2) is 5.88. The van der Waals surface area contributed by atoms with Crippen molar-refractivity contribution in [3.8, 4) is 0 Å². The number of halogens is 1. The molecule has 0 fully saturated rings. The van der Waals surface area contributed by atoms with Gasteiger partial charge in [-0.3, -0.25) is 0 Å². The Kier molecular flexibility index (Phi) is 4.76. The van der Waals surface area contributed by atoms with Gasteiger partial charge in [-0.05, 0) is 24.7 Å². The second-order valence-electron chi connectivity index (χ2n) is 2.88. The number of hydrogen-bond acceptors (Lipinski definition) is 3. The molecule has 0 aliphatic carbocycles. The van der Waals surface area contributed by atoms with E-state index in [9.17, 15) is 4.39 Å². The lowest BCUT2D eigenvalue weighted by Gasteiger charge is -2.05. The summed E-state index contributed by atoms with van der Waals surface area (Å²) in [7, 11) is 0. The van der Waals surface area contributed by atoms with E-state index in [-0.39, 0.29) is 5.82 Å². The number of nitrogens with two attached hydrogens (primary N) is 1. The van der Waals surface area contributed by atoms with Crippen molar-refractivity contribution in [1.82, 2.24) is 5.32 Å². The normalized spacial score (nSPS) is 10.4. The van der Waals surface area contributed by atoms with Crippen LogP contribution in [0.2, 0.25) is 0 Å². The van der Waals surface area contributed by atoms with Gasteiger partial charge >= 0.3 is 0 Å². The van der Waals surface area contributed by atoms with Crippen LogP contribution in [0.4, 0.5) is 10.1 Å². The molecular formula is C10H15FN2S. The maximum absolute atomic E-state index is 12.7. The fourth-order valence-corrected chi connectivity index (χ4v) is 1.92. The molecule has 0 atom stereocenters. The highest BCUT2D eigenvalue weighted by atomic mass is 32.2. The van der Waals surface area contributed by atoms with Crippen molar-refractivity contribution < 1.29 is 4.39 Å². The van der Waals surface area contributed by atoms with Gasteiger partial charge < -0.3 is 11.1 Å². The lowest BCUT2D eigenvalue weighted by atomic mass is 10.3. The van der Waals surface area contributed by atoms with Crippen molar-refractivity contribution in [1.29, 1.82) is 0 Å². The number of nitrogen functional groups attached to an aromatic ring is 1. The minimum Gasteiger partial charge on any atom is -0.398 e. The number of nitrogens with one attached hydrogen (secondary N) is 1. The van der Waals surface area contributed by atoms with Gasteiger partial charge in [-0.25, -0.2) is 4.39 Å². The summed E-state index contributed by atoms with van der Waals surface area (Å²) in [6, 6.07) is 4.52. The highest BCUT2D eigenvalue weighted by Gasteiger charge is 2.00. The predicted molar refractivity (Wildman–Crippen MR) is 60.1 cm³/mol. The van der Waals surface area contributed by atoms with E-state index in [1.54, 1.807) is 17.8 Å². The molecule has 0 heterocycles. The van der Waals surface area contributed by atoms with Crippen LogP contribution in [0.1, 0.15) is 6.92 Å². The molecule has 0 spiro atoms. The molecule has 1 aromatic rings. The van der Waals surface area contributed by atoms with Crippen LogP contribution >= 0.6 is 11.8 Å².